The molecule has 2 rings (SSSR count). The van der Waals surface area contributed by atoms with Crippen LogP contribution in [0.5, 0.6) is 5.75 Å². The number of hydrogen-bond acceptors (Lipinski definition) is 2. The highest BCUT2D eigenvalue weighted by molar-refractivity contribution is 14.1. The summed E-state index contributed by atoms with van der Waals surface area (Å²) in [6.45, 7) is 0.127. The Kier molecular flexibility index (Phi) is 4.46. The number of phenols is 1. The molecule has 0 spiro atoms. The number of halogens is 4. The van der Waals surface area contributed by atoms with Crippen molar-refractivity contribution in [1.29, 1.82) is 0 Å². The maximum absolute atomic E-state index is 12.6. The molecule has 0 saturated carbocycles. The summed E-state index contributed by atoms with van der Waals surface area (Å²) < 4.78 is 38.5. The van der Waals surface area contributed by atoms with E-state index < -0.39 is 18.0 Å². The van der Waals surface area contributed by atoms with Gasteiger partial charge in [-0.2, -0.15) is 13.2 Å². The Labute approximate surface area is 127 Å². The Balaban J connectivity index is 2.07. The second-order valence-electron chi connectivity index (χ2n) is 4.77. The smallest absolute Gasteiger partial charge is 0.391 e. The number of benzene rings is 1. The number of carbonyl (C=O) groups excluding carboxylic acids is 1. The van der Waals surface area contributed by atoms with E-state index in [1.807, 2.05) is 22.6 Å². The van der Waals surface area contributed by atoms with Crippen molar-refractivity contribution in [2.75, 3.05) is 13.1 Å². The summed E-state index contributed by atoms with van der Waals surface area (Å²) >= 11 is 2.01. The molecule has 1 aliphatic heterocycles. The average molecular weight is 399 g/mol. The summed E-state index contributed by atoms with van der Waals surface area (Å²) in [7, 11) is 0. The van der Waals surface area contributed by atoms with E-state index in [0.29, 0.717) is 0 Å². The van der Waals surface area contributed by atoms with E-state index in [9.17, 15) is 23.1 Å². The number of likely N-dealkylation sites (tertiary alicyclic amines) is 1. The molecule has 0 unspecified atom stereocenters. The fourth-order valence-electron chi connectivity index (χ4n) is 2.26. The van der Waals surface area contributed by atoms with Crippen LogP contribution in [0.1, 0.15) is 23.2 Å². The van der Waals surface area contributed by atoms with Crippen molar-refractivity contribution in [3.8, 4) is 5.75 Å². The number of phenolic OH excluding ortho intramolecular Hbond substituents is 1. The molecule has 1 heterocycles. The lowest BCUT2D eigenvalue weighted by Crippen LogP contribution is -2.42. The molecule has 7 heteroatoms. The first kappa shape index (κ1) is 15.4. The van der Waals surface area contributed by atoms with Crippen LogP contribution >= 0.6 is 22.6 Å². The molecule has 0 aliphatic carbocycles. The van der Waals surface area contributed by atoms with Crippen molar-refractivity contribution in [2.45, 2.75) is 19.0 Å². The van der Waals surface area contributed by atoms with Gasteiger partial charge in [0.1, 0.15) is 5.75 Å². The van der Waals surface area contributed by atoms with Crippen molar-refractivity contribution >= 4 is 28.5 Å². The first-order chi connectivity index (χ1) is 9.29. The largest absolute Gasteiger partial charge is 0.507 e. The number of rotatable bonds is 1. The van der Waals surface area contributed by atoms with E-state index in [2.05, 4.69) is 0 Å². The minimum absolute atomic E-state index is 0.0634. The predicted octanol–water partition coefficient (Wildman–Crippen LogP) is 3.41. The van der Waals surface area contributed by atoms with Gasteiger partial charge in [-0.25, -0.2) is 0 Å². The third-order valence-corrected chi connectivity index (χ3v) is 4.11. The Morgan fingerprint density at radius 1 is 1.30 bits per heavy atom. The fraction of sp³-hybridized carbons (Fsp3) is 0.462. The van der Waals surface area contributed by atoms with Gasteiger partial charge in [-0.1, -0.05) is 0 Å². The molecule has 1 fully saturated rings. The highest BCUT2D eigenvalue weighted by Gasteiger charge is 2.41. The monoisotopic (exact) mass is 399 g/mol. The van der Waals surface area contributed by atoms with Gasteiger partial charge in [0.2, 0.25) is 0 Å². The summed E-state index contributed by atoms with van der Waals surface area (Å²) in [5.74, 6) is -1.90. The van der Waals surface area contributed by atoms with Crippen molar-refractivity contribution in [3.05, 3.63) is 27.3 Å². The molecule has 1 saturated heterocycles. The molecule has 1 aromatic carbocycles. The predicted molar refractivity (Wildman–Crippen MR) is 75.5 cm³/mol. The Bertz CT molecular complexity index is 511. The number of carbonyl (C=O) groups is 1. The lowest BCUT2D eigenvalue weighted by Gasteiger charge is -2.33. The third-order valence-electron chi connectivity index (χ3n) is 3.43. The first-order valence-corrected chi connectivity index (χ1v) is 7.21. The zero-order valence-electron chi connectivity index (χ0n) is 10.5. The number of piperidine rings is 1. The summed E-state index contributed by atoms with van der Waals surface area (Å²) in [5.41, 5.74) is 0.141. The van der Waals surface area contributed by atoms with Gasteiger partial charge in [-0.15, -0.1) is 0 Å². The molecule has 0 aromatic heterocycles. The van der Waals surface area contributed by atoms with Crippen LogP contribution in [0.25, 0.3) is 0 Å². The van der Waals surface area contributed by atoms with Crippen molar-refractivity contribution in [1.82, 2.24) is 4.90 Å². The molecular formula is C13H13F3INO2. The quantitative estimate of drug-likeness (QED) is 0.736. The molecule has 1 N–H and O–H groups in total. The molecule has 1 amide bonds. The average Bonchev–Trinajstić information content (AvgIpc) is 2.40. The molecule has 1 aliphatic rings. The van der Waals surface area contributed by atoms with Gasteiger partial charge in [0.05, 0.1) is 11.5 Å². The van der Waals surface area contributed by atoms with Gasteiger partial charge < -0.3 is 10.0 Å². The van der Waals surface area contributed by atoms with E-state index in [0.717, 1.165) is 3.57 Å². The maximum Gasteiger partial charge on any atom is 0.391 e. The van der Waals surface area contributed by atoms with Crippen molar-refractivity contribution < 1.29 is 23.1 Å². The zero-order valence-corrected chi connectivity index (χ0v) is 12.6. The van der Waals surface area contributed by atoms with Crippen LogP contribution < -0.4 is 0 Å². The van der Waals surface area contributed by atoms with Crippen LogP contribution in [0.2, 0.25) is 0 Å². The van der Waals surface area contributed by atoms with Gasteiger partial charge in [0.15, 0.2) is 0 Å². The molecule has 110 valence electrons. The van der Waals surface area contributed by atoms with Crippen LogP contribution in [0.4, 0.5) is 13.2 Å². The normalized spacial score (nSPS) is 17.3. The molecule has 20 heavy (non-hydrogen) atoms. The fourth-order valence-corrected chi connectivity index (χ4v) is 2.75. The number of amides is 1. The van der Waals surface area contributed by atoms with Crippen LogP contribution in [-0.2, 0) is 0 Å². The standard InChI is InChI=1S/C13H13F3INO2/c14-13(15,16)8-3-5-18(6-4-8)12(20)10-7-9(17)1-2-11(10)19/h1-2,7-8,19H,3-6H2. The summed E-state index contributed by atoms with van der Waals surface area (Å²) in [4.78, 5) is 13.6. The number of nitrogens with zero attached hydrogens (tertiary/aromatic N) is 1. The van der Waals surface area contributed by atoms with Crippen molar-refractivity contribution in [2.24, 2.45) is 5.92 Å². The molecule has 3 nitrogen and oxygen atoms in total. The van der Waals surface area contributed by atoms with Crippen LogP contribution in [0.15, 0.2) is 18.2 Å². The van der Waals surface area contributed by atoms with E-state index in [1.165, 1.54) is 17.0 Å². The van der Waals surface area contributed by atoms with Gasteiger partial charge in [-0.3, -0.25) is 4.79 Å². The second-order valence-corrected chi connectivity index (χ2v) is 6.02. The van der Waals surface area contributed by atoms with Gasteiger partial charge >= 0.3 is 6.18 Å². The SMILES string of the molecule is O=C(c1cc(I)ccc1O)N1CCC(C(F)(F)F)CC1. The van der Waals surface area contributed by atoms with Gasteiger partial charge in [0, 0.05) is 16.7 Å². The Morgan fingerprint density at radius 2 is 1.90 bits per heavy atom. The van der Waals surface area contributed by atoms with Crippen LogP contribution in [-0.4, -0.2) is 35.2 Å². The topological polar surface area (TPSA) is 40.5 Å². The highest BCUT2D eigenvalue weighted by atomic mass is 127. The summed E-state index contributed by atoms with van der Waals surface area (Å²) in [6.07, 6.45) is -4.36. The van der Waals surface area contributed by atoms with E-state index in [-0.39, 0.29) is 37.2 Å². The number of hydrogen-bond donors (Lipinski definition) is 1. The van der Waals surface area contributed by atoms with E-state index >= 15 is 0 Å². The molecule has 0 atom stereocenters. The van der Waals surface area contributed by atoms with E-state index in [4.69, 9.17) is 0 Å². The molecule has 1 aromatic rings. The van der Waals surface area contributed by atoms with Crippen molar-refractivity contribution in [3.63, 3.8) is 0 Å². The summed E-state index contributed by atoms with van der Waals surface area (Å²) in [6, 6.07) is 4.61. The Hall–Kier alpha value is -0.990. The maximum atomic E-state index is 12.6. The van der Waals surface area contributed by atoms with Crippen LogP contribution in [0, 0.1) is 9.49 Å². The van der Waals surface area contributed by atoms with Gasteiger partial charge in [-0.05, 0) is 53.6 Å². The number of aromatic hydroxyl groups is 1. The van der Waals surface area contributed by atoms with Gasteiger partial charge in [0.25, 0.3) is 5.91 Å². The minimum Gasteiger partial charge on any atom is -0.507 e. The molecular weight excluding hydrogens is 386 g/mol. The van der Waals surface area contributed by atoms with Crippen LogP contribution in [0.3, 0.4) is 0 Å². The zero-order chi connectivity index (χ0) is 14.9. The molecule has 0 bridgehead atoms. The highest BCUT2D eigenvalue weighted by Crippen LogP contribution is 2.34. The lowest BCUT2D eigenvalue weighted by atomic mass is 9.96. The minimum atomic E-state index is -4.20. The second kappa shape index (κ2) is 5.79. The lowest BCUT2D eigenvalue weighted by molar-refractivity contribution is -0.183. The Morgan fingerprint density at radius 3 is 2.45 bits per heavy atom. The first-order valence-electron chi connectivity index (χ1n) is 6.13. The van der Waals surface area contributed by atoms with E-state index in [1.54, 1.807) is 6.07 Å². The third kappa shape index (κ3) is 3.36. The number of alkyl halides is 3. The summed E-state index contributed by atoms with van der Waals surface area (Å²) in [5, 5.41) is 9.69. The molecule has 0 radical (unpaired) electrons.